The van der Waals surface area contributed by atoms with E-state index in [0.717, 1.165) is 17.0 Å². The summed E-state index contributed by atoms with van der Waals surface area (Å²) >= 11 is 5.90. The summed E-state index contributed by atoms with van der Waals surface area (Å²) in [6.45, 7) is 0. The number of fused-ring (bicyclic) bond motifs is 1. The molecule has 0 atom stereocenters. The van der Waals surface area contributed by atoms with Crippen LogP contribution in [0.4, 0.5) is 0 Å². The summed E-state index contributed by atoms with van der Waals surface area (Å²) in [4.78, 5) is 8.72. The van der Waals surface area contributed by atoms with Gasteiger partial charge in [0, 0.05) is 29.7 Å². The maximum atomic E-state index is 5.90. The summed E-state index contributed by atoms with van der Waals surface area (Å²) in [6, 6.07) is 9.42. The molecule has 3 nitrogen and oxygen atoms in total. The molecule has 0 spiro atoms. The molecule has 0 aliphatic rings. The average Bonchev–Trinajstić information content (AvgIpc) is 2.73. The lowest BCUT2D eigenvalue weighted by molar-refractivity contribution is 1.19. The van der Waals surface area contributed by atoms with Gasteiger partial charge in [-0.15, -0.1) is 0 Å². The molecule has 3 rings (SSSR count). The van der Waals surface area contributed by atoms with Crippen LogP contribution in [0.25, 0.3) is 17.0 Å². The lowest BCUT2D eigenvalue weighted by Gasteiger charge is -1.91. The van der Waals surface area contributed by atoms with Crippen LogP contribution in [0.3, 0.4) is 0 Å². The molecule has 0 radical (unpaired) electrons. The molecular formula is C12H8ClN3. The number of rotatable bonds is 1. The van der Waals surface area contributed by atoms with Crippen molar-refractivity contribution in [1.82, 2.24) is 14.4 Å². The van der Waals surface area contributed by atoms with Gasteiger partial charge in [0.15, 0.2) is 0 Å². The van der Waals surface area contributed by atoms with Gasteiger partial charge in [0.05, 0.1) is 5.69 Å². The molecular weight excluding hydrogens is 222 g/mol. The first-order valence-corrected chi connectivity index (χ1v) is 5.26. The van der Waals surface area contributed by atoms with Crippen molar-refractivity contribution in [2.75, 3.05) is 0 Å². The molecule has 4 heteroatoms. The van der Waals surface area contributed by atoms with Gasteiger partial charge < -0.3 is 4.40 Å². The maximum Gasteiger partial charge on any atom is 0.138 e. The number of hydrogen-bond acceptors (Lipinski definition) is 2. The Morgan fingerprint density at radius 3 is 2.88 bits per heavy atom. The third-order valence-electron chi connectivity index (χ3n) is 2.35. The lowest BCUT2D eigenvalue weighted by atomic mass is 10.3. The quantitative estimate of drug-likeness (QED) is 0.642. The van der Waals surface area contributed by atoms with Crippen molar-refractivity contribution in [3.05, 3.63) is 53.9 Å². The van der Waals surface area contributed by atoms with Crippen molar-refractivity contribution in [1.29, 1.82) is 0 Å². The topological polar surface area (TPSA) is 30.2 Å². The van der Waals surface area contributed by atoms with Crippen LogP contribution in [0.1, 0.15) is 0 Å². The van der Waals surface area contributed by atoms with E-state index in [2.05, 4.69) is 9.97 Å². The van der Waals surface area contributed by atoms with E-state index >= 15 is 0 Å². The Kier molecular flexibility index (Phi) is 2.11. The minimum Gasteiger partial charge on any atom is -0.306 e. The maximum absolute atomic E-state index is 5.90. The molecule has 0 bridgehead atoms. The Balaban J connectivity index is 2.19. The van der Waals surface area contributed by atoms with Crippen molar-refractivity contribution < 1.29 is 0 Å². The van der Waals surface area contributed by atoms with E-state index in [1.165, 1.54) is 0 Å². The minimum absolute atomic E-state index is 0.686. The van der Waals surface area contributed by atoms with Crippen molar-refractivity contribution in [2.24, 2.45) is 0 Å². The summed E-state index contributed by atoms with van der Waals surface area (Å²) in [5.74, 6) is 0. The van der Waals surface area contributed by atoms with E-state index < -0.39 is 0 Å². The molecule has 3 heterocycles. The van der Waals surface area contributed by atoms with Gasteiger partial charge in [-0.25, -0.2) is 4.98 Å². The Hall–Kier alpha value is -1.87. The van der Waals surface area contributed by atoms with Gasteiger partial charge >= 0.3 is 0 Å². The molecule has 0 aliphatic heterocycles. The Morgan fingerprint density at radius 2 is 2.06 bits per heavy atom. The van der Waals surface area contributed by atoms with Gasteiger partial charge in [-0.3, -0.25) is 4.98 Å². The first kappa shape index (κ1) is 9.36. The van der Waals surface area contributed by atoms with Gasteiger partial charge in [0.25, 0.3) is 0 Å². The highest BCUT2D eigenvalue weighted by Crippen LogP contribution is 2.18. The highest BCUT2D eigenvalue weighted by molar-refractivity contribution is 6.30. The summed E-state index contributed by atoms with van der Waals surface area (Å²) in [5, 5.41) is 0.686. The zero-order valence-corrected chi connectivity index (χ0v) is 9.09. The van der Waals surface area contributed by atoms with Crippen molar-refractivity contribution in [3.63, 3.8) is 0 Å². The standard InChI is InChI=1S/C12H8ClN3/c13-9-4-6-16-8-11(15-12(16)7-9)10-3-1-2-5-14-10/h1-8H. The molecule has 0 N–H and O–H groups in total. The zero-order chi connectivity index (χ0) is 11.0. The predicted octanol–water partition coefficient (Wildman–Crippen LogP) is 3.05. The fourth-order valence-corrected chi connectivity index (χ4v) is 1.75. The average molecular weight is 230 g/mol. The Labute approximate surface area is 97.3 Å². The van der Waals surface area contributed by atoms with Crippen LogP contribution in [0, 0.1) is 0 Å². The normalized spacial score (nSPS) is 10.8. The summed E-state index contributed by atoms with van der Waals surface area (Å²) in [5.41, 5.74) is 2.54. The van der Waals surface area contributed by atoms with Crippen LogP contribution in [-0.4, -0.2) is 14.4 Å². The van der Waals surface area contributed by atoms with E-state index in [1.54, 1.807) is 6.20 Å². The second kappa shape index (κ2) is 3.61. The number of imidazole rings is 1. The number of halogens is 1. The second-order valence-corrected chi connectivity index (χ2v) is 3.89. The van der Waals surface area contributed by atoms with Crippen LogP contribution in [0.5, 0.6) is 0 Å². The molecule has 3 aromatic rings. The third kappa shape index (κ3) is 1.55. The van der Waals surface area contributed by atoms with Gasteiger partial charge in [-0.2, -0.15) is 0 Å². The van der Waals surface area contributed by atoms with Gasteiger partial charge in [-0.05, 0) is 18.2 Å². The predicted molar refractivity (Wildman–Crippen MR) is 63.4 cm³/mol. The first-order valence-electron chi connectivity index (χ1n) is 4.88. The van der Waals surface area contributed by atoms with Crippen molar-refractivity contribution >= 4 is 17.2 Å². The SMILES string of the molecule is Clc1ccn2cc(-c3ccccn3)nc2c1. The molecule has 0 saturated carbocycles. The van der Waals surface area contributed by atoms with E-state index in [-0.39, 0.29) is 0 Å². The molecule has 16 heavy (non-hydrogen) atoms. The molecule has 0 unspecified atom stereocenters. The Bertz CT molecular complexity index is 631. The molecule has 78 valence electrons. The molecule has 0 fully saturated rings. The fourth-order valence-electron chi connectivity index (χ4n) is 1.59. The zero-order valence-electron chi connectivity index (χ0n) is 8.34. The van der Waals surface area contributed by atoms with Gasteiger partial charge in [0.2, 0.25) is 0 Å². The number of nitrogens with zero attached hydrogens (tertiary/aromatic N) is 3. The Morgan fingerprint density at radius 1 is 1.12 bits per heavy atom. The molecule has 0 aromatic carbocycles. The highest BCUT2D eigenvalue weighted by Gasteiger charge is 2.04. The van der Waals surface area contributed by atoms with E-state index in [4.69, 9.17) is 11.6 Å². The third-order valence-corrected chi connectivity index (χ3v) is 2.58. The van der Waals surface area contributed by atoms with Gasteiger partial charge in [0.1, 0.15) is 11.3 Å². The second-order valence-electron chi connectivity index (χ2n) is 3.45. The number of aromatic nitrogens is 3. The molecule has 3 aromatic heterocycles. The van der Waals surface area contributed by atoms with E-state index in [0.29, 0.717) is 5.02 Å². The van der Waals surface area contributed by atoms with Crippen LogP contribution >= 0.6 is 11.6 Å². The number of pyridine rings is 2. The molecule has 0 aliphatic carbocycles. The minimum atomic E-state index is 0.686. The smallest absolute Gasteiger partial charge is 0.138 e. The van der Waals surface area contributed by atoms with Crippen LogP contribution in [0.2, 0.25) is 5.02 Å². The molecule has 0 saturated heterocycles. The van der Waals surface area contributed by atoms with E-state index in [9.17, 15) is 0 Å². The van der Waals surface area contributed by atoms with Crippen LogP contribution in [0.15, 0.2) is 48.9 Å². The first-order chi connectivity index (χ1) is 7.83. The number of hydrogen-bond donors (Lipinski definition) is 0. The summed E-state index contributed by atoms with van der Waals surface area (Å²) in [6.07, 6.45) is 5.58. The van der Waals surface area contributed by atoms with Gasteiger partial charge in [-0.1, -0.05) is 17.7 Å². The lowest BCUT2D eigenvalue weighted by Crippen LogP contribution is -1.80. The highest BCUT2D eigenvalue weighted by atomic mass is 35.5. The largest absolute Gasteiger partial charge is 0.306 e. The van der Waals surface area contributed by atoms with Crippen LogP contribution < -0.4 is 0 Å². The van der Waals surface area contributed by atoms with Crippen molar-refractivity contribution in [2.45, 2.75) is 0 Å². The van der Waals surface area contributed by atoms with Crippen LogP contribution in [-0.2, 0) is 0 Å². The summed E-state index contributed by atoms with van der Waals surface area (Å²) in [7, 11) is 0. The fraction of sp³-hybridized carbons (Fsp3) is 0. The van der Waals surface area contributed by atoms with Crippen molar-refractivity contribution in [3.8, 4) is 11.4 Å². The molecule has 0 amide bonds. The summed E-state index contributed by atoms with van der Waals surface area (Å²) < 4.78 is 1.93. The monoisotopic (exact) mass is 229 g/mol. The van der Waals surface area contributed by atoms with E-state index in [1.807, 2.05) is 47.1 Å².